The van der Waals surface area contributed by atoms with Crippen LogP contribution >= 0.6 is 11.3 Å². The third kappa shape index (κ3) is 2.80. The molecule has 1 N–H and O–H groups in total. The summed E-state index contributed by atoms with van der Waals surface area (Å²) >= 11 is 0.544. The summed E-state index contributed by atoms with van der Waals surface area (Å²) in [5, 5.41) is 9.13. The average molecular weight is 368 g/mol. The van der Waals surface area contributed by atoms with E-state index in [1.54, 1.807) is 6.92 Å². The number of carboxylic acids is 1. The maximum absolute atomic E-state index is 13.5. The van der Waals surface area contributed by atoms with Crippen LogP contribution in [-0.4, -0.2) is 20.5 Å². The van der Waals surface area contributed by atoms with Crippen molar-refractivity contribution in [2.75, 3.05) is 0 Å². The number of aryl methyl sites for hydroxylation is 3. The van der Waals surface area contributed by atoms with Crippen LogP contribution < -0.4 is 0 Å². The van der Waals surface area contributed by atoms with Crippen molar-refractivity contribution in [2.45, 2.75) is 33.4 Å². The number of alkyl halides is 3. The van der Waals surface area contributed by atoms with Gasteiger partial charge in [-0.3, -0.25) is 4.40 Å². The van der Waals surface area contributed by atoms with Crippen molar-refractivity contribution >= 4 is 22.3 Å². The number of aromatic carboxylic acids is 1. The molecule has 132 valence electrons. The Morgan fingerprint density at radius 2 is 1.96 bits per heavy atom. The summed E-state index contributed by atoms with van der Waals surface area (Å²) in [7, 11) is 0. The second kappa shape index (κ2) is 5.87. The largest absolute Gasteiger partial charge is 0.477 e. The second-order valence-corrected chi connectivity index (χ2v) is 6.74. The normalized spacial score (nSPS) is 12.1. The van der Waals surface area contributed by atoms with Crippen molar-refractivity contribution in [3.8, 4) is 11.3 Å². The minimum Gasteiger partial charge on any atom is -0.477 e. The Labute approximate surface area is 145 Å². The highest BCUT2D eigenvalue weighted by Crippen LogP contribution is 2.40. The summed E-state index contributed by atoms with van der Waals surface area (Å²) in [6.45, 7) is 5.60. The van der Waals surface area contributed by atoms with E-state index < -0.39 is 22.7 Å². The summed E-state index contributed by atoms with van der Waals surface area (Å²) in [6, 6.07) is 5.59. The van der Waals surface area contributed by atoms with Crippen molar-refractivity contribution < 1.29 is 23.1 Å². The average Bonchev–Trinajstić information content (AvgIpc) is 3.04. The molecule has 25 heavy (non-hydrogen) atoms. The lowest BCUT2D eigenvalue weighted by molar-refractivity contribution is -0.142. The molecule has 0 aliphatic heterocycles. The molecule has 0 amide bonds. The van der Waals surface area contributed by atoms with Gasteiger partial charge >= 0.3 is 12.1 Å². The van der Waals surface area contributed by atoms with Gasteiger partial charge in [0.05, 0.1) is 11.4 Å². The van der Waals surface area contributed by atoms with E-state index in [2.05, 4.69) is 4.98 Å². The Bertz CT molecular complexity index is 986. The molecule has 0 aliphatic carbocycles. The topological polar surface area (TPSA) is 54.6 Å². The van der Waals surface area contributed by atoms with E-state index in [0.29, 0.717) is 29.1 Å². The van der Waals surface area contributed by atoms with Crippen molar-refractivity contribution in [3.63, 3.8) is 0 Å². The van der Waals surface area contributed by atoms with Gasteiger partial charge in [-0.25, -0.2) is 9.78 Å². The lowest BCUT2D eigenvalue weighted by atomic mass is 10.0. The maximum Gasteiger partial charge on any atom is 0.433 e. The second-order valence-electron chi connectivity index (χ2n) is 5.76. The van der Waals surface area contributed by atoms with Crippen LogP contribution in [-0.2, 0) is 12.6 Å². The SMILES string of the molecule is CCc1c(-c2ccc(C)c(C)c2)nc2sc(C(=O)O)c(C(F)(F)F)n12. The Kier molecular flexibility index (Phi) is 4.10. The van der Waals surface area contributed by atoms with Crippen LogP contribution in [0.15, 0.2) is 18.2 Å². The van der Waals surface area contributed by atoms with Gasteiger partial charge in [-0.05, 0) is 37.5 Å². The first-order chi connectivity index (χ1) is 11.6. The van der Waals surface area contributed by atoms with Crippen molar-refractivity contribution in [1.29, 1.82) is 0 Å². The number of carboxylic acid groups (broad SMARTS) is 1. The van der Waals surface area contributed by atoms with E-state index in [9.17, 15) is 18.0 Å². The Morgan fingerprint density at radius 1 is 1.28 bits per heavy atom. The molecule has 0 fully saturated rings. The zero-order chi connectivity index (χ0) is 18.5. The molecule has 0 radical (unpaired) electrons. The highest BCUT2D eigenvalue weighted by Gasteiger charge is 2.41. The third-order valence-electron chi connectivity index (χ3n) is 4.15. The summed E-state index contributed by atoms with van der Waals surface area (Å²) < 4.78 is 41.5. The number of fused-ring (bicyclic) bond motifs is 1. The van der Waals surface area contributed by atoms with Crippen molar-refractivity contribution in [1.82, 2.24) is 9.38 Å². The molecule has 0 atom stereocenters. The van der Waals surface area contributed by atoms with Gasteiger partial charge < -0.3 is 5.11 Å². The first-order valence-electron chi connectivity index (χ1n) is 7.57. The van der Waals surface area contributed by atoms with Gasteiger partial charge in [-0.15, -0.1) is 0 Å². The fourth-order valence-electron chi connectivity index (χ4n) is 2.82. The predicted molar refractivity (Wildman–Crippen MR) is 89.3 cm³/mol. The Hall–Kier alpha value is -2.35. The van der Waals surface area contributed by atoms with E-state index in [4.69, 9.17) is 5.11 Å². The number of thiazole rings is 1. The van der Waals surface area contributed by atoms with Crippen LogP contribution in [0.4, 0.5) is 13.2 Å². The predicted octanol–water partition coefficient (Wildman–Crippen LogP) is 4.96. The number of nitrogens with zero attached hydrogens (tertiary/aromatic N) is 2. The molecular formula is C17H15F3N2O2S. The molecule has 8 heteroatoms. The van der Waals surface area contributed by atoms with Crippen LogP contribution in [0.25, 0.3) is 16.2 Å². The van der Waals surface area contributed by atoms with Crippen LogP contribution in [0, 0.1) is 13.8 Å². The van der Waals surface area contributed by atoms with Crippen molar-refractivity contribution in [3.05, 3.63) is 45.6 Å². The van der Waals surface area contributed by atoms with E-state index in [0.717, 1.165) is 21.1 Å². The number of halogens is 3. The zero-order valence-corrected chi connectivity index (χ0v) is 14.5. The number of hydrogen-bond acceptors (Lipinski definition) is 3. The van der Waals surface area contributed by atoms with Crippen LogP contribution in [0.5, 0.6) is 0 Å². The lowest BCUT2D eigenvalue weighted by Crippen LogP contribution is -2.15. The minimum atomic E-state index is -4.78. The highest BCUT2D eigenvalue weighted by molar-refractivity contribution is 7.19. The number of hydrogen-bond donors (Lipinski definition) is 1. The number of imidazole rings is 1. The summed E-state index contributed by atoms with van der Waals surface area (Å²) in [6.07, 6.45) is -4.49. The van der Waals surface area contributed by atoms with Crippen LogP contribution in [0.2, 0.25) is 0 Å². The summed E-state index contributed by atoms with van der Waals surface area (Å²) in [5.74, 6) is -1.60. The van der Waals surface area contributed by atoms with Crippen molar-refractivity contribution in [2.24, 2.45) is 0 Å². The monoisotopic (exact) mass is 368 g/mol. The molecular weight excluding hydrogens is 353 g/mol. The number of aromatic nitrogens is 2. The molecule has 1 aromatic carbocycles. The Balaban J connectivity index is 2.35. The molecule has 2 aromatic heterocycles. The highest BCUT2D eigenvalue weighted by atomic mass is 32.1. The number of rotatable bonds is 3. The quantitative estimate of drug-likeness (QED) is 0.711. The molecule has 0 saturated heterocycles. The van der Waals surface area contributed by atoms with E-state index >= 15 is 0 Å². The molecule has 0 unspecified atom stereocenters. The zero-order valence-electron chi connectivity index (χ0n) is 13.7. The third-order valence-corrected chi connectivity index (χ3v) is 5.18. The molecule has 0 aliphatic rings. The van der Waals surface area contributed by atoms with Gasteiger partial charge in [-0.1, -0.05) is 30.4 Å². The minimum absolute atomic E-state index is 0.0369. The van der Waals surface area contributed by atoms with Crippen LogP contribution in [0.3, 0.4) is 0 Å². The summed E-state index contributed by atoms with van der Waals surface area (Å²) in [4.78, 5) is 14.9. The van der Waals surface area contributed by atoms with Crippen LogP contribution in [0.1, 0.15) is 39.1 Å². The molecule has 2 heterocycles. The van der Waals surface area contributed by atoms with Gasteiger partial charge in [0.25, 0.3) is 0 Å². The molecule has 0 spiro atoms. The van der Waals surface area contributed by atoms with Gasteiger partial charge in [0, 0.05) is 5.56 Å². The van der Waals surface area contributed by atoms with Gasteiger partial charge in [0.15, 0.2) is 10.7 Å². The van der Waals surface area contributed by atoms with Gasteiger partial charge in [0.2, 0.25) is 0 Å². The lowest BCUT2D eigenvalue weighted by Gasteiger charge is -2.10. The fourth-order valence-corrected chi connectivity index (χ4v) is 3.82. The fraction of sp³-hybridized carbons (Fsp3) is 0.294. The molecule has 0 bridgehead atoms. The van der Waals surface area contributed by atoms with E-state index in [1.807, 2.05) is 32.0 Å². The standard InChI is InChI=1S/C17H15F3N2O2S/c1-4-11-12(10-6-5-8(2)9(3)7-10)21-16-22(11)14(17(18,19)20)13(25-16)15(23)24/h5-7H,4H2,1-3H3,(H,23,24). The first kappa shape index (κ1) is 17.5. The Morgan fingerprint density at radius 3 is 2.48 bits per heavy atom. The van der Waals surface area contributed by atoms with Gasteiger partial charge in [-0.2, -0.15) is 13.2 Å². The molecule has 3 aromatic rings. The number of carbonyl (C=O) groups is 1. The molecule has 4 nitrogen and oxygen atoms in total. The summed E-state index contributed by atoms with van der Waals surface area (Å²) in [5.41, 5.74) is 2.46. The number of benzene rings is 1. The van der Waals surface area contributed by atoms with Gasteiger partial charge in [0.1, 0.15) is 4.88 Å². The van der Waals surface area contributed by atoms with E-state index in [1.165, 1.54) is 0 Å². The molecule has 3 rings (SSSR count). The molecule has 0 saturated carbocycles. The first-order valence-corrected chi connectivity index (χ1v) is 8.39. The smallest absolute Gasteiger partial charge is 0.433 e. The maximum atomic E-state index is 13.5. The van der Waals surface area contributed by atoms with E-state index in [-0.39, 0.29) is 4.96 Å².